The molecule has 6 nitrogen and oxygen atoms in total. The molecule has 140 valence electrons. The number of anilines is 1. The molecule has 2 aromatic rings. The lowest BCUT2D eigenvalue weighted by Crippen LogP contribution is -2.30. The summed E-state index contributed by atoms with van der Waals surface area (Å²) in [6.07, 6.45) is 0. The molecule has 0 aliphatic rings. The van der Waals surface area contributed by atoms with Crippen LogP contribution in [0.1, 0.15) is 18.2 Å². The van der Waals surface area contributed by atoms with E-state index in [-0.39, 0.29) is 17.6 Å². The van der Waals surface area contributed by atoms with Gasteiger partial charge in [-0.05, 0) is 31.5 Å². The Balaban J connectivity index is 1.80. The second-order valence-electron chi connectivity index (χ2n) is 5.76. The smallest absolute Gasteiger partial charge is 0.238 e. The predicted molar refractivity (Wildman–Crippen MR) is 105 cm³/mol. The quantitative estimate of drug-likeness (QED) is 0.738. The fourth-order valence-corrected chi connectivity index (χ4v) is 3.18. The minimum Gasteiger partial charge on any atom is -0.360 e. The first-order valence-electron chi connectivity index (χ1n) is 7.80. The van der Waals surface area contributed by atoms with E-state index in [1.807, 2.05) is 6.07 Å². The van der Waals surface area contributed by atoms with E-state index >= 15 is 0 Å². The van der Waals surface area contributed by atoms with Gasteiger partial charge in [0.15, 0.2) is 5.82 Å². The number of carbonyl (C=O) groups is 2. The highest BCUT2D eigenvalue weighted by atomic mass is 35.5. The zero-order chi connectivity index (χ0) is 19.3. The van der Waals surface area contributed by atoms with Crippen LogP contribution in [0.3, 0.4) is 0 Å². The summed E-state index contributed by atoms with van der Waals surface area (Å²) in [6.45, 7) is 3.89. The molecule has 0 bridgehead atoms. The normalized spacial score (nSPS) is 11.9. The maximum atomic E-state index is 12.3. The highest BCUT2D eigenvalue weighted by Crippen LogP contribution is 2.23. The van der Waals surface area contributed by atoms with Crippen molar-refractivity contribution in [2.45, 2.75) is 25.6 Å². The Kier molecular flexibility index (Phi) is 7.37. The van der Waals surface area contributed by atoms with E-state index in [9.17, 15) is 9.59 Å². The molecule has 1 aromatic carbocycles. The van der Waals surface area contributed by atoms with Gasteiger partial charge in [-0.2, -0.15) is 0 Å². The van der Waals surface area contributed by atoms with Crippen molar-refractivity contribution in [3.05, 3.63) is 45.6 Å². The van der Waals surface area contributed by atoms with E-state index in [0.29, 0.717) is 28.2 Å². The Morgan fingerprint density at radius 1 is 1.31 bits per heavy atom. The van der Waals surface area contributed by atoms with Gasteiger partial charge in [0.05, 0.1) is 21.0 Å². The number of aryl methyl sites for hydroxylation is 1. The summed E-state index contributed by atoms with van der Waals surface area (Å²) in [5.74, 6) is 0.841. The molecular weight excluding hydrogens is 397 g/mol. The molecule has 0 saturated heterocycles. The second kappa shape index (κ2) is 9.30. The number of hydrogen-bond donors (Lipinski definition) is 1. The molecule has 1 atom stereocenters. The highest BCUT2D eigenvalue weighted by Gasteiger charge is 2.18. The summed E-state index contributed by atoms with van der Waals surface area (Å²) in [7, 11) is 1.70. The van der Waals surface area contributed by atoms with Crippen molar-refractivity contribution in [1.29, 1.82) is 0 Å². The van der Waals surface area contributed by atoms with Crippen molar-refractivity contribution < 1.29 is 14.1 Å². The van der Waals surface area contributed by atoms with Crippen molar-refractivity contribution in [3.8, 4) is 0 Å². The van der Waals surface area contributed by atoms with Gasteiger partial charge in [-0.1, -0.05) is 34.4 Å². The third-order valence-electron chi connectivity index (χ3n) is 3.53. The first-order valence-corrected chi connectivity index (χ1v) is 9.60. The zero-order valence-electron chi connectivity index (χ0n) is 14.6. The Morgan fingerprint density at radius 3 is 2.65 bits per heavy atom. The molecule has 0 radical (unpaired) electrons. The van der Waals surface area contributed by atoms with E-state index < -0.39 is 5.25 Å². The Bertz CT molecular complexity index is 797. The molecule has 1 aromatic heterocycles. The van der Waals surface area contributed by atoms with Crippen molar-refractivity contribution in [1.82, 2.24) is 10.1 Å². The first kappa shape index (κ1) is 20.6. The number of nitrogens with zero attached hydrogens (tertiary/aromatic N) is 2. The van der Waals surface area contributed by atoms with E-state index in [0.717, 1.165) is 5.56 Å². The standard InChI is InChI=1S/C17H19Cl2N3O3S/c1-10-6-15(21-25-10)20-17(24)11(2)26-9-16(23)22(3)8-12-4-5-13(18)14(19)7-12/h4-7,11H,8-9H2,1-3H3,(H,20,21,24). The Hall–Kier alpha value is -1.70. The molecule has 2 rings (SSSR count). The number of aromatic nitrogens is 1. The van der Waals surface area contributed by atoms with Crippen LogP contribution in [0.2, 0.25) is 10.0 Å². The molecule has 0 aliphatic heterocycles. The lowest BCUT2D eigenvalue weighted by Gasteiger charge is -2.18. The van der Waals surface area contributed by atoms with Crippen molar-refractivity contribution in [2.75, 3.05) is 18.1 Å². The average Bonchev–Trinajstić information content (AvgIpc) is 3.00. The zero-order valence-corrected chi connectivity index (χ0v) is 16.9. The van der Waals surface area contributed by atoms with Gasteiger partial charge in [-0.25, -0.2) is 0 Å². The van der Waals surface area contributed by atoms with Crippen LogP contribution in [-0.2, 0) is 16.1 Å². The first-order chi connectivity index (χ1) is 12.3. The van der Waals surface area contributed by atoms with Gasteiger partial charge in [-0.15, -0.1) is 11.8 Å². The molecule has 26 heavy (non-hydrogen) atoms. The number of amides is 2. The van der Waals surface area contributed by atoms with Crippen molar-refractivity contribution in [3.63, 3.8) is 0 Å². The lowest BCUT2D eigenvalue weighted by molar-refractivity contribution is -0.127. The molecular formula is C17H19Cl2N3O3S. The lowest BCUT2D eigenvalue weighted by atomic mass is 10.2. The van der Waals surface area contributed by atoms with Crippen LogP contribution < -0.4 is 5.32 Å². The van der Waals surface area contributed by atoms with Gasteiger partial charge in [0.1, 0.15) is 5.76 Å². The van der Waals surface area contributed by atoms with Crippen LogP contribution in [-0.4, -0.2) is 39.9 Å². The SMILES string of the molecule is Cc1cc(NC(=O)C(C)SCC(=O)N(C)Cc2ccc(Cl)c(Cl)c2)no1. The summed E-state index contributed by atoms with van der Waals surface area (Å²) < 4.78 is 4.90. The minimum atomic E-state index is -0.408. The number of nitrogens with one attached hydrogen (secondary N) is 1. The molecule has 0 aliphatic carbocycles. The molecule has 1 unspecified atom stereocenters. The van der Waals surface area contributed by atoms with Gasteiger partial charge in [0, 0.05) is 19.7 Å². The summed E-state index contributed by atoms with van der Waals surface area (Å²) >= 11 is 13.1. The van der Waals surface area contributed by atoms with Crippen molar-refractivity contribution in [2.24, 2.45) is 0 Å². The van der Waals surface area contributed by atoms with Crippen LogP contribution in [0.5, 0.6) is 0 Å². The molecule has 0 saturated carbocycles. The molecule has 9 heteroatoms. The Labute approximate surface area is 166 Å². The summed E-state index contributed by atoms with van der Waals surface area (Å²) in [6, 6.07) is 6.88. The van der Waals surface area contributed by atoms with E-state index in [1.54, 1.807) is 44.0 Å². The van der Waals surface area contributed by atoms with Gasteiger partial charge in [0.25, 0.3) is 0 Å². The second-order valence-corrected chi connectivity index (χ2v) is 7.91. The monoisotopic (exact) mass is 415 g/mol. The van der Waals surface area contributed by atoms with E-state index in [1.165, 1.54) is 11.8 Å². The van der Waals surface area contributed by atoms with Gasteiger partial charge < -0.3 is 14.7 Å². The fraction of sp³-hybridized carbons (Fsp3) is 0.353. The van der Waals surface area contributed by atoms with E-state index in [4.69, 9.17) is 27.7 Å². The third kappa shape index (κ3) is 5.93. The van der Waals surface area contributed by atoms with Gasteiger partial charge >= 0.3 is 0 Å². The molecule has 0 fully saturated rings. The predicted octanol–water partition coefficient (Wildman–Crippen LogP) is 4.01. The summed E-state index contributed by atoms with van der Waals surface area (Å²) in [4.78, 5) is 26.0. The number of carbonyl (C=O) groups excluding carboxylic acids is 2. The number of halogens is 2. The largest absolute Gasteiger partial charge is 0.360 e. The van der Waals surface area contributed by atoms with Crippen LogP contribution in [0, 0.1) is 6.92 Å². The van der Waals surface area contributed by atoms with Gasteiger partial charge in [-0.3, -0.25) is 9.59 Å². The van der Waals surface area contributed by atoms with Crippen LogP contribution in [0.15, 0.2) is 28.8 Å². The number of benzene rings is 1. The molecule has 1 N–H and O–H groups in total. The molecule has 1 heterocycles. The third-order valence-corrected chi connectivity index (χ3v) is 5.40. The number of hydrogen-bond acceptors (Lipinski definition) is 5. The number of rotatable bonds is 7. The maximum absolute atomic E-state index is 12.3. The minimum absolute atomic E-state index is 0.0852. The Morgan fingerprint density at radius 2 is 2.04 bits per heavy atom. The fourth-order valence-electron chi connectivity index (χ4n) is 2.04. The van der Waals surface area contributed by atoms with Crippen LogP contribution in [0.4, 0.5) is 5.82 Å². The highest BCUT2D eigenvalue weighted by molar-refractivity contribution is 8.01. The average molecular weight is 416 g/mol. The van der Waals surface area contributed by atoms with E-state index in [2.05, 4.69) is 10.5 Å². The van der Waals surface area contributed by atoms with Crippen LogP contribution in [0.25, 0.3) is 0 Å². The summed E-state index contributed by atoms with van der Waals surface area (Å²) in [5.41, 5.74) is 0.882. The summed E-state index contributed by atoms with van der Waals surface area (Å²) in [5, 5.41) is 6.88. The van der Waals surface area contributed by atoms with Crippen LogP contribution >= 0.6 is 35.0 Å². The maximum Gasteiger partial charge on any atom is 0.238 e. The topological polar surface area (TPSA) is 75.4 Å². The van der Waals surface area contributed by atoms with Gasteiger partial charge in [0.2, 0.25) is 11.8 Å². The van der Waals surface area contributed by atoms with Crippen molar-refractivity contribution >= 4 is 52.6 Å². The number of thioether (sulfide) groups is 1. The molecule has 0 spiro atoms. The molecule has 2 amide bonds.